The normalized spacial score (nSPS) is 15.1. The highest BCUT2D eigenvalue weighted by Gasteiger charge is 2.25. The van der Waals surface area contributed by atoms with Gasteiger partial charge in [-0.1, -0.05) is 18.2 Å². The van der Waals surface area contributed by atoms with E-state index in [1.54, 1.807) is 6.92 Å². The summed E-state index contributed by atoms with van der Waals surface area (Å²) in [6, 6.07) is 9.28. The molecule has 0 amide bonds. The number of H-pyrrole nitrogens is 1. The van der Waals surface area contributed by atoms with Gasteiger partial charge in [-0.25, -0.2) is 8.42 Å². The zero-order valence-electron chi connectivity index (χ0n) is 13.3. The van der Waals surface area contributed by atoms with Gasteiger partial charge in [-0.05, 0) is 38.4 Å². The second kappa shape index (κ2) is 6.22. The van der Waals surface area contributed by atoms with E-state index in [1.165, 1.54) is 6.26 Å². The minimum Gasteiger partial charge on any atom is -0.322 e. The summed E-state index contributed by atoms with van der Waals surface area (Å²) in [5, 5.41) is 0.478. The van der Waals surface area contributed by atoms with Crippen LogP contribution in [0.2, 0.25) is 0 Å². The van der Waals surface area contributed by atoms with Crippen molar-refractivity contribution in [3.05, 3.63) is 46.2 Å². The molecule has 0 saturated carbocycles. The SMILES string of the molecule is CC(C(C)S(C)(=O)=O)N(C)Cc1cc2ccccc2[nH]c1=O. The third kappa shape index (κ3) is 3.56. The molecule has 5 nitrogen and oxygen atoms in total. The molecule has 1 N–H and O–H groups in total. The van der Waals surface area contributed by atoms with E-state index < -0.39 is 15.1 Å². The zero-order valence-corrected chi connectivity index (χ0v) is 14.1. The van der Waals surface area contributed by atoms with Crippen LogP contribution in [0.3, 0.4) is 0 Å². The van der Waals surface area contributed by atoms with Gasteiger partial charge < -0.3 is 4.98 Å². The minimum atomic E-state index is -3.11. The van der Waals surface area contributed by atoms with E-state index in [0.29, 0.717) is 12.1 Å². The van der Waals surface area contributed by atoms with Gasteiger partial charge in [-0.3, -0.25) is 9.69 Å². The number of hydrogen-bond donors (Lipinski definition) is 1. The fraction of sp³-hybridized carbons (Fsp3) is 0.438. The lowest BCUT2D eigenvalue weighted by molar-refractivity contribution is 0.244. The van der Waals surface area contributed by atoms with E-state index in [0.717, 1.165) is 10.9 Å². The monoisotopic (exact) mass is 322 g/mol. The number of nitrogens with one attached hydrogen (secondary N) is 1. The molecule has 1 heterocycles. The van der Waals surface area contributed by atoms with Crippen molar-refractivity contribution in [2.45, 2.75) is 31.7 Å². The predicted octanol–water partition coefficient (Wildman–Crippen LogP) is 1.78. The van der Waals surface area contributed by atoms with Gasteiger partial charge in [0, 0.05) is 29.9 Å². The highest BCUT2D eigenvalue weighted by atomic mass is 32.2. The van der Waals surface area contributed by atoms with Gasteiger partial charge in [0.2, 0.25) is 0 Å². The largest absolute Gasteiger partial charge is 0.322 e. The number of hydrogen-bond acceptors (Lipinski definition) is 4. The lowest BCUT2D eigenvalue weighted by Crippen LogP contribution is -2.41. The Morgan fingerprint density at radius 3 is 2.50 bits per heavy atom. The molecule has 1 aromatic carbocycles. The fourth-order valence-electron chi connectivity index (χ4n) is 2.44. The van der Waals surface area contributed by atoms with Crippen molar-refractivity contribution in [3.8, 4) is 0 Å². The molecule has 0 radical (unpaired) electrons. The van der Waals surface area contributed by atoms with Crippen molar-refractivity contribution < 1.29 is 8.42 Å². The summed E-state index contributed by atoms with van der Waals surface area (Å²) >= 11 is 0. The highest BCUT2D eigenvalue weighted by molar-refractivity contribution is 7.91. The van der Waals surface area contributed by atoms with Crippen molar-refractivity contribution in [2.24, 2.45) is 0 Å². The molecule has 2 rings (SSSR count). The minimum absolute atomic E-state index is 0.134. The maximum Gasteiger partial charge on any atom is 0.252 e. The third-order valence-electron chi connectivity index (χ3n) is 4.30. The Bertz CT molecular complexity index is 827. The molecule has 120 valence electrons. The number of sulfone groups is 1. The van der Waals surface area contributed by atoms with E-state index >= 15 is 0 Å². The van der Waals surface area contributed by atoms with Crippen LogP contribution in [-0.4, -0.2) is 42.9 Å². The Balaban J connectivity index is 2.27. The van der Waals surface area contributed by atoms with Crippen LogP contribution in [0.15, 0.2) is 35.1 Å². The van der Waals surface area contributed by atoms with Crippen LogP contribution in [0.25, 0.3) is 10.9 Å². The number of aromatic amines is 1. The van der Waals surface area contributed by atoms with Gasteiger partial charge >= 0.3 is 0 Å². The molecule has 0 saturated heterocycles. The van der Waals surface area contributed by atoms with Crippen LogP contribution in [-0.2, 0) is 16.4 Å². The zero-order chi connectivity index (χ0) is 16.5. The average Bonchev–Trinajstić information content (AvgIpc) is 2.45. The summed E-state index contributed by atoms with van der Waals surface area (Å²) in [6.45, 7) is 3.96. The molecule has 1 aromatic heterocycles. The number of para-hydroxylation sites is 1. The van der Waals surface area contributed by atoms with Crippen LogP contribution < -0.4 is 5.56 Å². The molecular formula is C16H22N2O3S. The summed E-state index contributed by atoms with van der Waals surface area (Å²) in [6.07, 6.45) is 1.24. The van der Waals surface area contributed by atoms with Crippen molar-refractivity contribution in [1.29, 1.82) is 0 Å². The van der Waals surface area contributed by atoms with Crippen LogP contribution in [0, 0.1) is 0 Å². The van der Waals surface area contributed by atoms with Crippen molar-refractivity contribution in [1.82, 2.24) is 9.88 Å². The summed E-state index contributed by atoms with van der Waals surface area (Å²) in [5.74, 6) is 0. The standard InChI is InChI=1S/C16H22N2O3S/c1-11(12(2)22(4,20)21)18(3)10-14-9-13-7-5-6-8-15(13)17-16(14)19/h5-9,11-12H,10H2,1-4H3,(H,17,19). The number of aromatic nitrogens is 1. The van der Waals surface area contributed by atoms with Crippen LogP contribution >= 0.6 is 0 Å². The molecule has 2 unspecified atom stereocenters. The van der Waals surface area contributed by atoms with Crippen molar-refractivity contribution >= 4 is 20.7 Å². The van der Waals surface area contributed by atoms with E-state index in [9.17, 15) is 13.2 Å². The van der Waals surface area contributed by atoms with Gasteiger partial charge in [-0.2, -0.15) is 0 Å². The molecule has 0 fully saturated rings. The summed E-state index contributed by atoms with van der Waals surface area (Å²) in [7, 11) is -1.28. The molecule has 0 aliphatic carbocycles. The average molecular weight is 322 g/mol. The topological polar surface area (TPSA) is 70.2 Å². The van der Waals surface area contributed by atoms with E-state index in [2.05, 4.69) is 4.98 Å². The van der Waals surface area contributed by atoms with Crippen LogP contribution in [0.4, 0.5) is 0 Å². The van der Waals surface area contributed by atoms with Gasteiger partial charge in [-0.15, -0.1) is 0 Å². The van der Waals surface area contributed by atoms with Gasteiger partial charge in [0.05, 0.1) is 5.25 Å². The van der Waals surface area contributed by atoms with Crippen molar-refractivity contribution in [2.75, 3.05) is 13.3 Å². The Morgan fingerprint density at radius 1 is 1.23 bits per heavy atom. The van der Waals surface area contributed by atoms with Gasteiger partial charge in [0.1, 0.15) is 0 Å². The van der Waals surface area contributed by atoms with Crippen LogP contribution in [0.5, 0.6) is 0 Å². The van der Waals surface area contributed by atoms with Gasteiger partial charge in [0.25, 0.3) is 5.56 Å². The van der Waals surface area contributed by atoms with E-state index in [4.69, 9.17) is 0 Å². The Morgan fingerprint density at radius 2 is 1.86 bits per heavy atom. The van der Waals surface area contributed by atoms with E-state index in [-0.39, 0.29) is 11.6 Å². The molecule has 0 aliphatic heterocycles. The number of fused-ring (bicyclic) bond motifs is 1. The highest BCUT2D eigenvalue weighted by Crippen LogP contribution is 2.14. The predicted molar refractivity (Wildman–Crippen MR) is 89.8 cm³/mol. The fourth-order valence-corrected chi connectivity index (χ4v) is 3.36. The van der Waals surface area contributed by atoms with Gasteiger partial charge in [0.15, 0.2) is 9.84 Å². The maximum absolute atomic E-state index is 12.2. The molecule has 6 heteroatoms. The molecule has 0 spiro atoms. The quantitative estimate of drug-likeness (QED) is 0.911. The lowest BCUT2D eigenvalue weighted by Gasteiger charge is -2.28. The third-order valence-corrected chi connectivity index (χ3v) is 6.04. The molecule has 2 atom stereocenters. The molecular weight excluding hydrogens is 300 g/mol. The number of pyridine rings is 1. The molecule has 2 aromatic rings. The van der Waals surface area contributed by atoms with Crippen molar-refractivity contribution in [3.63, 3.8) is 0 Å². The Labute approximate surface area is 130 Å². The summed E-state index contributed by atoms with van der Waals surface area (Å²) < 4.78 is 23.4. The number of rotatable bonds is 5. The first-order valence-electron chi connectivity index (χ1n) is 7.20. The first-order chi connectivity index (χ1) is 10.2. The van der Waals surface area contributed by atoms with E-state index in [1.807, 2.05) is 49.2 Å². The first-order valence-corrected chi connectivity index (χ1v) is 9.15. The molecule has 22 heavy (non-hydrogen) atoms. The number of nitrogens with zero attached hydrogens (tertiary/aromatic N) is 1. The lowest BCUT2D eigenvalue weighted by atomic mass is 10.1. The second-order valence-electron chi connectivity index (χ2n) is 5.90. The molecule has 0 bridgehead atoms. The Hall–Kier alpha value is -1.66. The summed E-state index contributed by atoms with van der Waals surface area (Å²) in [5.41, 5.74) is 1.30. The van der Waals surface area contributed by atoms with Crippen LogP contribution in [0.1, 0.15) is 19.4 Å². The number of benzene rings is 1. The summed E-state index contributed by atoms with van der Waals surface area (Å²) in [4.78, 5) is 16.9. The maximum atomic E-state index is 12.2. The molecule has 0 aliphatic rings. The first kappa shape index (κ1) is 16.7. The Kier molecular flexibility index (Phi) is 4.72. The second-order valence-corrected chi connectivity index (χ2v) is 8.30. The smallest absolute Gasteiger partial charge is 0.252 e.